The number of amides is 1. The zero-order valence-electron chi connectivity index (χ0n) is 18.6. The highest BCUT2D eigenvalue weighted by atomic mass is 35.5. The number of pyridine rings is 1. The molecule has 9 nitrogen and oxygen atoms in total. The van der Waals surface area contributed by atoms with Crippen LogP contribution in [0.2, 0.25) is 5.02 Å². The van der Waals surface area contributed by atoms with Gasteiger partial charge < -0.3 is 21.3 Å². The Morgan fingerprint density at radius 2 is 1.50 bits per heavy atom. The van der Waals surface area contributed by atoms with Crippen molar-refractivity contribution < 1.29 is 13.2 Å². The maximum atomic E-state index is 12.5. The van der Waals surface area contributed by atoms with Crippen LogP contribution in [0.5, 0.6) is 0 Å². The van der Waals surface area contributed by atoms with Gasteiger partial charge in [0.15, 0.2) is 0 Å². The quantitative estimate of drug-likeness (QED) is 0.240. The number of aromatic nitrogens is 1. The summed E-state index contributed by atoms with van der Waals surface area (Å²) in [6, 6.07) is 17.1. The molecule has 180 valence electrons. The number of hydrogen-bond acceptors (Lipinski definition) is 7. The summed E-state index contributed by atoms with van der Waals surface area (Å²) in [6.45, 7) is 3.25. The van der Waals surface area contributed by atoms with E-state index in [4.69, 9.17) is 11.6 Å². The normalized spacial score (nSPS) is 11.0. The molecule has 34 heavy (non-hydrogen) atoms. The van der Waals surface area contributed by atoms with Crippen molar-refractivity contribution in [1.82, 2.24) is 9.71 Å². The SMILES string of the molecule is CC(=O)Nc1ccc(S(=O)(=O)NCCNc2cccnc2NCCNc2ccc(Cl)cc2)cc1. The van der Waals surface area contributed by atoms with Gasteiger partial charge in [0.05, 0.1) is 10.6 Å². The van der Waals surface area contributed by atoms with Crippen molar-refractivity contribution in [3.63, 3.8) is 0 Å². The van der Waals surface area contributed by atoms with Gasteiger partial charge in [0, 0.05) is 55.7 Å². The van der Waals surface area contributed by atoms with E-state index in [1.807, 2.05) is 30.3 Å². The Bertz CT molecular complexity index is 1190. The molecule has 0 aliphatic carbocycles. The molecule has 0 spiro atoms. The molecular weight excluding hydrogens is 476 g/mol. The molecule has 0 unspecified atom stereocenters. The molecule has 3 aromatic rings. The molecule has 1 heterocycles. The largest absolute Gasteiger partial charge is 0.383 e. The monoisotopic (exact) mass is 502 g/mol. The van der Waals surface area contributed by atoms with E-state index in [1.54, 1.807) is 24.4 Å². The molecule has 0 aliphatic heterocycles. The predicted molar refractivity (Wildman–Crippen MR) is 137 cm³/mol. The Balaban J connectivity index is 1.44. The highest BCUT2D eigenvalue weighted by Gasteiger charge is 2.13. The van der Waals surface area contributed by atoms with Gasteiger partial charge in [0.2, 0.25) is 15.9 Å². The predicted octanol–water partition coefficient (Wildman–Crippen LogP) is 3.61. The standard InChI is InChI=1S/C23H27ClN6O3S/c1-17(31)30-20-8-10-21(11-9-20)34(32,33)29-16-15-26-22-3-2-12-27-23(22)28-14-13-25-19-6-4-18(24)5-7-19/h2-12,25-26,29H,13-16H2,1H3,(H,27,28)(H,30,31). The third-order valence-corrected chi connectivity index (χ3v) is 6.34. The molecule has 0 atom stereocenters. The van der Waals surface area contributed by atoms with Gasteiger partial charge in [-0.1, -0.05) is 11.6 Å². The average Bonchev–Trinajstić information content (AvgIpc) is 2.81. The lowest BCUT2D eigenvalue weighted by Crippen LogP contribution is -2.29. The van der Waals surface area contributed by atoms with Crippen LogP contribution < -0.4 is 26.0 Å². The van der Waals surface area contributed by atoms with Gasteiger partial charge in [-0.05, 0) is 60.7 Å². The third-order valence-electron chi connectivity index (χ3n) is 4.62. The molecular formula is C23H27ClN6O3S. The molecule has 0 fully saturated rings. The minimum Gasteiger partial charge on any atom is -0.383 e. The Morgan fingerprint density at radius 1 is 0.853 bits per heavy atom. The van der Waals surface area contributed by atoms with Gasteiger partial charge in [0.25, 0.3) is 0 Å². The van der Waals surface area contributed by atoms with Crippen LogP contribution in [0.1, 0.15) is 6.92 Å². The number of nitrogens with zero attached hydrogens (tertiary/aromatic N) is 1. The van der Waals surface area contributed by atoms with Crippen LogP contribution in [-0.4, -0.2) is 45.5 Å². The van der Waals surface area contributed by atoms with Crippen molar-refractivity contribution in [2.45, 2.75) is 11.8 Å². The van der Waals surface area contributed by atoms with E-state index < -0.39 is 10.0 Å². The smallest absolute Gasteiger partial charge is 0.240 e. The first kappa shape index (κ1) is 25.3. The molecule has 2 aromatic carbocycles. The molecule has 0 aliphatic rings. The summed E-state index contributed by atoms with van der Waals surface area (Å²) in [7, 11) is -3.67. The number of hydrogen-bond donors (Lipinski definition) is 5. The highest BCUT2D eigenvalue weighted by Crippen LogP contribution is 2.18. The highest BCUT2D eigenvalue weighted by molar-refractivity contribution is 7.89. The summed E-state index contributed by atoms with van der Waals surface area (Å²) in [5, 5.41) is 13.0. The van der Waals surface area contributed by atoms with Crippen molar-refractivity contribution in [3.8, 4) is 0 Å². The minimum atomic E-state index is -3.67. The maximum Gasteiger partial charge on any atom is 0.240 e. The third kappa shape index (κ3) is 7.91. The number of carbonyl (C=O) groups excluding carboxylic acids is 1. The Hall–Kier alpha value is -3.34. The van der Waals surface area contributed by atoms with Crippen LogP contribution in [-0.2, 0) is 14.8 Å². The molecule has 1 aromatic heterocycles. The second-order valence-corrected chi connectivity index (χ2v) is 9.49. The summed E-state index contributed by atoms with van der Waals surface area (Å²) in [5.74, 6) is 0.457. The number of halogens is 1. The number of benzene rings is 2. The lowest BCUT2D eigenvalue weighted by Gasteiger charge is -2.14. The summed E-state index contributed by atoms with van der Waals surface area (Å²) in [4.78, 5) is 15.6. The van der Waals surface area contributed by atoms with Crippen LogP contribution in [0, 0.1) is 0 Å². The summed E-state index contributed by atoms with van der Waals surface area (Å²) in [5.41, 5.74) is 2.28. The van der Waals surface area contributed by atoms with E-state index in [2.05, 4.69) is 31.0 Å². The van der Waals surface area contributed by atoms with Gasteiger partial charge in [0.1, 0.15) is 5.82 Å². The minimum absolute atomic E-state index is 0.124. The van der Waals surface area contributed by atoms with Gasteiger partial charge in [-0.3, -0.25) is 4.79 Å². The van der Waals surface area contributed by atoms with Crippen LogP contribution in [0.25, 0.3) is 0 Å². The molecule has 0 saturated heterocycles. The van der Waals surface area contributed by atoms with Gasteiger partial charge in [-0.25, -0.2) is 18.1 Å². The Kier molecular flexibility index (Phi) is 9.08. The molecule has 5 N–H and O–H groups in total. The van der Waals surface area contributed by atoms with E-state index in [9.17, 15) is 13.2 Å². The molecule has 0 radical (unpaired) electrons. The zero-order valence-corrected chi connectivity index (χ0v) is 20.2. The second-order valence-electron chi connectivity index (χ2n) is 7.29. The van der Waals surface area contributed by atoms with E-state index in [0.29, 0.717) is 36.2 Å². The Morgan fingerprint density at radius 3 is 2.21 bits per heavy atom. The van der Waals surface area contributed by atoms with E-state index in [1.165, 1.54) is 19.1 Å². The molecule has 11 heteroatoms. The number of rotatable bonds is 12. The van der Waals surface area contributed by atoms with Crippen molar-refractivity contribution in [1.29, 1.82) is 0 Å². The fourth-order valence-electron chi connectivity index (χ4n) is 3.03. The first-order valence-corrected chi connectivity index (χ1v) is 12.5. The lowest BCUT2D eigenvalue weighted by molar-refractivity contribution is -0.114. The lowest BCUT2D eigenvalue weighted by atomic mass is 10.3. The van der Waals surface area contributed by atoms with Crippen molar-refractivity contribution in [2.24, 2.45) is 0 Å². The van der Waals surface area contributed by atoms with Crippen molar-refractivity contribution >= 4 is 50.4 Å². The molecule has 1 amide bonds. The number of sulfonamides is 1. The second kappa shape index (κ2) is 12.2. The molecule has 0 saturated carbocycles. The van der Waals surface area contributed by atoms with E-state index in [0.717, 1.165) is 11.4 Å². The van der Waals surface area contributed by atoms with E-state index >= 15 is 0 Å². The van der Waals surface area contributed by atoms with Crippen LogP contribution in [0.4, 0.5) is 22.9 Å². The number of nitrogens with one attached hydrogen (secondary N) is 5. The molecule has 3 rings (SSSR count). The maximum absolute atomic E-state index is 12.5. The fourth-order valence-corrected chi connectivity index (χ4v) is 4.19. The fraction of sp³-hybridized carbons (Fsp3) is 0.217. The molecule has 0 bridgehead atoms. The average molecular weight is 503 g/mol. The first-order chi connectivity index (χ1) is 16.3. The van der Waals surface area contributed by atoms with Crippen molar-refractivity contribution in [2.75, 3.05) is 47.4 Å². The van der Waals surface area contributed by atoms with Gasteiger partial charge >= 0.3 is 0 Å². The first-order valence-electron chi connectivity index (χ1n) is 10.6. The summed E-state index contributed by atoms with van der Waals surface area (Å²) in [6.07, 6.45) is 1.69. The summed E-state index contributed by atoms with van der Waals surface area (Å²) < 4.78 is 27.5. The number of anilines is 4. The van der Waals surface area contributed by atoms with Crippen molar-refractivity contribution in [3.05, 3.63) is 71.9 Å². The Labute approximate surface area is 204 Å². The van der Waals surface area contributed by atoms with Gasteiger partial charge in [-0.2, -0.15) is 0 Å². The zero-order chi connectivity index (χ0) is 24.4. The van der Waals surface area contributed by atoms with Gasteiger partial charge in [-0.15, -0.1) is 0 Å². The van der Waals surface area contributed by atoms with E-state index in [-0.39, 0.29) is 17.3 Å². The van der Waals surface area contributed by atoms with Crippen LogP contribution >= 0.6 is 11.6 Å². The number of carbonyl (C=O) groups is 1. The summed E-state index contributed by atoms with van der Waals surface area (Å²) >= 11 is 5.89. The van der Waals surface area contributed by atoms with Crippen LogP contribution in [0.15, 0.2) is 71.8 Å². The van der Waals surface area contributed by atoms with Crippen LogP contribution in [0.3, 0.4) is 0 Å². The topological polar surface area (TPSA) is 124 Å².